The number of nitrogens with zero attached hydrogens (tertiary/aromatic N) is 1. The molecule has 1 saturated heterocycles. The Morgan fingerprint density at radius 3 is 2.53 bits per heavy atom. The summed E-state index contributed by atoms with van der Waals surface area (Å²) in [7, 11) is 3.16. The van der Waals surface area contributed by atoms with Gasteiger partial charge in [0.1, 0.15) is 22.9 Å². The van der Waals surface area contributed by atoms with E-state index in [0.717, 1.165) is 18.6 Å². The average Bonchev–Trinajstić information content (AvgIpc) is 3.24. The highest BCUT2D eigenvalue weighted by Crippen LogP contribution is 2.38. The van der Waals surface area contributed by atoms with Crippen molar-refractivity contribution in [2.24, 2.45) is 5.92 Å². The molecule has 0 radical (unpaired) electrons. The van der Waals surface area contributed by atoms with Gasteiger partial charge in [0.05, 0.1) is 23.4 Å². The van der Waals surface area contributed by atoms with Crippen LogP contribution in [0.1, 0.15) is 47.7 Å². The molecule has 0 aliphatic carbocycles. The van der Waals surface area contributed by atoms with Gasteiger partial charge < -0.3 is 29.8 Å². The molecule has 1 fully saturated rings. The predicted octanol–water partition coefficient (Wildman–Crippen LogP) is 3.30. The summed E-state index contributed by atoms with van der Waals surface area (Å²) < 4.78 is 11.6. The van der Waals surface area contributed by atoms with Crippen LogP contribution in [-0.4, -0.2) is 42.7 Å². The van der Waals surface area contributed by atoms with Gasteiger partial charge >= 0.3 is 0 Å². The van der Waals surface area contributed by atoms with E-state index in [-0.39, 0.29) is 52.3 Å². The second kappa shape index (κ2) is 9.34. The maximum absolute atomic E-state index is 12.5. The number of ether oxygens (including phenoxy) is 1. The molecule has 0 saturated carbocycles. The number of phenols is 1. The molecule has 3 atom stereocenters. The van der Waals surface area contributed by atoms with E-state index >= 15 is 0 Å². The topological polar surface area (TPSA) is 121 Å². The van der Waals surface area contributed by atoms with Crippen molar-refractivity contribution in [3.8, 4) is 5.75 Å². The van der Waals surface area contributed by atoms with E-state index in [2.05, 4.69) is 10.6 Å². The van der Waals surface area contributed by atoms with Gasteiger partial charge in [-0.15, -0.1) is 0 Å². The number of amides is 1. The number of nitrogens with one attached hydrogen (secondary N) is 2. The predicted molar refractivity (Wildman–Crippen MR) is 129 cm³/mol. The molecule has 1 amide bonds. The zero-order chi connectivity index (χ0) is 24.6. The SMILES string of the molecule is Cc1ccc(C(Nc2c(Nc3cccc(C(=O)N(C)C)c3O)c(=O)c2=O)C2CCOC(C)C2)o1. The Labute approximate surface area is 197 Å². The summed E-state index contributed by atoms with van der Waals surface area (Å²) in [5, 5.41) is 16.7. The first kappa shape index (κ1) is 23.6. The maximum atomic E-state index is 12.5. The molecule has 2 heterocycles. The molecule has 0 spiro atoms. The van der Waals surface area contributed by atoms with Crippen molar-refractivity contribution >= 4 is 23.0 Å². The molecule has 9 heteroatoms. The zero-order valence-electron chi connectivity index (χ0n) is 19.7. The molecule has 0 bridgehead atoms. The number of hydrogen-bond acceptors (Lipinski definition) is 8. The van der Waals surface area contributed by atoms with Crippen LogP contribution in [0.5, 0.6) is 5.75 Å². The number of carbonyl (C=O) groups excluding carboxylic acids is 1. The fraction of sp³-hybridized carbons (Fsp3) is 0.400. The third kappa shape index (κ3) is 4.43. The number of benzene rings is 1. The van der Waals surface area contributed by atoms with E-state index < -0.39 is 10.9 Å². The van der Waals surface area contributed by atoms with Gasteiger partial charge in [-0.3, -0.25) is 14.4 Å². The van der Waals surface area contributed by atoms with Gasteiger partial charge in [-0.1, -0.05) is 6.07 Å². The minimum Gasteiger partial charge on any atom is -0.505 e. The van der Waals surface area contributed by atoms with Crippen molar-refractivity contribution in [2.45, 2.75) is 38.8 Å². The monoisotopic (exact) mass is 467 g/mol. The summed E-state index contributed by atoms with van der Waals surface area (Å²) in [4.78, 5) is 38.7. The molecule has 34 heavy (non-hydrogen) atoms. The summed E-state index contributed by atoms with van der Waals surface area (Å²) in [5.41, 5.74) is -0.914. The number of carbonyl (C=O) groups is 1. The Balaban J connectivity index is 1.65. The quantitative estimate of drug-likeness (QED) is 0.358. The third-order valence-corrected chi connectivity index (χ3v) is 6.21. The van der Waals surface area contributed by atoms with Crippen LogP contribution in [0.2, 0.25) is 0 Å². The second-order valence-corrected chi connectivity index (χ2v) is 8.97. The maximum Gasteiger partial charge on any atom is 0.257 e. The third-order valence-electron chi connectivity index (χ3n) is 6.21. The molecule has 3 N–H and O–H groups in total. The molecular formula is C25H29N3O6. The summed E-state index contributed by atoms with van der Waals surface area (Å²) in [5.74, 6) is 0.874. The number of anilines is 3. The van der Waals surface area contributed by atoms with Gasteiger partial charge in [0.2, 0.25) is 0 Å². The van der Waals surface area contributed by atoms with Crippen LogP contribution < -0.4 is 21.5 Å². The van der Waals surface area contributed by atoms with Crippen LogP contribution in [0.25, 0.3) is 0 Å². The highest BCUT2D eigenvalue weighted by Gasteiger charge is 2.33. The van der Waals surface area contributed by atoms with Gasteiger partial charge in [-0.2, -0.15) is 0 Å². The van der Waals surface area contributed by atoms with E-state index in [1.54, 1.807) is 20.2 Å². The fourth-order valence-electron chi connectivity index (χ4n) is 4.37. The van der Waals surface area contributed by atoms with Crippen LogP contribution >= 0.6 is 0 Å². The van der Waals surface area contributed by atoms with E-state index in [1.165, 1.54) is 17.0 Å². The molecule has 2 aromatic carbocycles. The number of aromatic hydroxyl groups is 1. The second-order valence-electron chi connectivity index (χ2n) is 8.97. The smallest absolute Gasteiger partial charge is 0.257 e. The lowest BCUT2D eigenvalue weighted by molar-refractivity contribution is -0.00315. The van der Waals surface area contributed by atoms with Crippen LogP contribution in [-0.2, 0) is 4.74 Å². The standard InChI is InChI=1S/C25H29N3O6/c1-13-8-9-18(34-13)19(15-10-11-33-14(2)12-15)27-21-20(23(30)24(21)31)26-17-7-5-6-16(22(17)29)25(32)28(3)4/h5-9,14-15,19,26-27,29H,10-12H2,1-4H3. The van der Waals surface area contributed by atoms with Crippen molar-refractivity contribution < 1.29 is 19.1 Å². The minimum atomic E-state index is -0.694. The van der Waals surface area contributed by atoms with E-state index in [9.17, 15) is 19.5 Å². The van der Waals surface area contributed by atoms with Gasteiger partial charge in [-0.25, -0.2) is 0 Å². The van der Waals surface area contributed by atoms with Gasteiger partial charge in [0.15, 0.2) is 5.75 Å². The number of furan rings is 1. The highest BCUT2D eigenvalue weighted by atomic mass is 16.5. The van der Waals surface area contributed by atoms with Crippen molar-refractivity contribution in [1.82, 2.24) is 4.90 Å². The largest absolute Gasteiger partial charge is 0.505 e. The number of para-hydroxylation sites is 1. The van der Waals surface area contributed by atoms with Crippen molar-refractivity contribution in [3.05, 3.63) is 67.9 Å². The Morgan fingerprint density at radius 2 is 1.88 bits per heavy atom. The normalized spacial score (nSPS) is 19.1. The number of aryl methyl sites for hydroxylation is 1. The first-order valence-corrected chi connectivity index (χ1v) is 11.3. The zero-order valence-corrected chi connectivity index (χ0v) is 19.7. The van der Waals surface area contributed by atoms with Crippen molar-refractivity contribution in [2.75, 3.05) is 31.3 Å². The summed E-state index contributed by atoms with van der Waals surface area (Å²) in [6.45, 7) is 4.45. The number of hydrogen-bond donors (Lipinski definition) is 3. The molecule has 1 aliphatic rings. The molecular weight excluding hydrogens is 438 g/mol. The molecule has 3 unspecified atom stereocenters. The van der Waals surface area contributed by atoms with Crippen LogP contribution in [0.3, 0.4) is 0 Å². The van der Waals surface area contributed by atoms with Crippen LogP contribution in [0.4, 0.5) is 17.1 Å². The first-order chi connectivity index (χ1) is 16.2. The van der Waals surface area contributed by atoms with Gasteiger partial charge in [-0.05, 0) is 56.9 Å². The summed E-state index contributed by atoms with van der Waals surface area (Å²) >= 11 is 0. The Kier molecular flexibility index (Phi) is 6.47. The molecule has 1 aromatic heterocycles. The van der Waals surface area contributed by atoms with Crippen LogP contribution in [0, 0.1) is 12.8 Å². The summed E-state index contributed by atoms with van der Waals surface area (Å²) in [6.07, 6.45) is 1.61. The van der Waals surface area contributed by atoms with E-state index in [0.29, 0.717) is 12.4 Å². The molecule has 9 nitrogen and oxygen atoms in total. The van der Waals surface area contributed by atoms with Gasteiger partial charge in [0, 0.05) is 20.7 Å². The lowest BCUT2D eigenvalue weighted by Gasteiger charge is -2.34. The minimum absolute atomic E-state index is 0.0446. The average molecular weight is 468 g/mol. The summed E-state index contributed by atoms with van der Waals surface area (Å²) in [6, 6.07) is 8.02. The number of phenolic OH excluding ortho intramolecular Hbond substituents is 1. The van der Waals surface area contributed by atoms with Gasteiger partial charge in [0.25, 0.3) is 16.8 Å². The lowest BCUT2D eigenvalue weighted by Crippen LogP contribution is -2.39. The first-order valence-electron chi connectivity index (χ1n) is 11.3. The number of rotatable bonds is 7. The van der Waals surface area contributed by atoms with Crippen molar-refractivity contribution in [1.29, 1.82) is 0 Å². The highest BCUT2D eigenvalue weighted by molar-refractivity contribution is 5.99. The molecule has 180 valence electrons. The fourth-order valence-corrected chi connectivity index (χ4v) is 4.37. The van der Waals surface area contributed by atoms with E-state index in [4.69, 9.17) is 9.15 Å². The van der Waals surface area contributed by atoms with E-state index in [1.807, 2.05) is 26.0 Å². The Bertz CT molecular complexity index is 1270. The van der Waals surface area contributed by atoms with Crippen LogP contribution in [0.15, 0.2) is 44.3 Å². The van der Waals surface area contributed by atoms with Crippen molar-refractivity contribution in [3.63, 3.8) is 0 Å². The Morgan fingerprint density at radius 1 is 1.15 bits per heavy atom. The lowest BCUT2D eigenvalue weighted by atomic mass is 9.87. The Hall–Kier alpha value is -3.59. The molecule has 1 aliphatic heterocycles. The molecule has 3 aromatic rings. The molecule has 4 rings (SSSR count).